The maximum absolute atomic E-state index is 12.0. The molecule has 5 heteroatoms. The quantitative estimate of drug-likeness (QED) is 0.384. The highest BCUT2D eigenvalue weighted by Gasteiger charge is 2.12. The van der Waals surface area contributed by atoms with Crippen LogP contribution in [0.2, 0.25) is 0 Å². The highest BCUT2D eigenvalue weighted by Crippen LogP contribution is 2.02. The van der Waals surface area contributed by atoms with Crippen LogP contribution in [0.25, 0.3) is 0 Å². The van der Waals surface area contributed by atoms with Gasteiger partial charge in [-0.2, -0.15) is 4.57 Å². The zero-order chi connectivity index (χ0) is 12.8. The topological polar surface area (TPSA) is 43.1 Å². The summed E-state index contributed by atoms with van der Waals surface area (Å²) in [6.07, 6.45) is 5.00. The van der Waals surface area contributed by atoms with Crippen molar-refractivity contribution >= 4 is 18.4 Å². The Morgan fingerprint density at radius 1 is 1.33 bits per heavy atom. The van der Waals surface area contributed by atoms with Crippen LogP contribution in [-0.4, -0.2) is 16.7 Å². The highest BCUT2D eigenvalue weighted by atomic mass is 32.1. The lowest BCUT2D eigenvalue weighted by Gasteiger charge is -2.00. The summed E-state index contributed by atoms with van der Waals surface area (Å²) in [5.41, 5.74) is 0.693. The van der Waals surface area contributed by atoms with Gasteiger partial charge in [0.05, 0.1) is 6.20 Å². The molecule has 4 nitrogen and oxygen atoms in total. The fourth-order valence-electron chi connectivity index (χ4n) is 1.53. The normalized spacial score (nSPS) is 10.1. The van der Waals surface area contributed by atoms with Crippen molar-refractivity contribution in [2.24, 2.45) is 0 Å². The molecule has 0 saturated carbocycles. The van der Waals surface area contributed by atoms with Crippen molar-refractivity contribution in [2.45, 2.75) is 6.54 Å². The van der Waals surface area contributed by atoms with E-state index < -0.39 is 0 Å². The van der Waals surface area contributed by atoms with Crippen LogP contribution < -0.4 is 9.30 Å². The van der Waals surface area contributed by atoms with Crippen molar-refractivity contribution in [3.05, 3.63) is 54.5 Å². The second kappa shape index (κ2) is 6.16. The second-order valence-electron chi connectivity index (χ2n) is 3.63. The average molecular weight is 261 g/mol. The van der Waals surface area contributed by atoms with Gasteiger partial charge in [-0.1, -0.05) is 30.3 Å². The van der Waals surface area contributed by atoms with Gasteiger partial charge in [0.1, 0.15) is 5.94 Å². The van der Waals surface area contributed by atoms with Gasteiger partial charge in [-0.25, -0.2) is 4.98 Å². The fourth-order valence-corrected chi connectivity index (χ4v) is 1.66. The maximum atomic E-state index is 12.0. The summed E-state index contributed by atoms with van der Waals surface area (Å²) >= 11 is 3.95. The fraction of sp³-hybridized carbons (Fsp3) is 0.154. The van der Waals surface area contributed by atoms with Crippen LogP contribution >= 0.6 is 12.6 Å². The summed E-state index contributed by atoms with van der Waals surface area (Å²) in [4.78, 5) is 16.0. The average Bonchev–Trinajstić information content (AvgIpc) is 2.40. The Morgan fingerprint density at radius 2 is 2.11 bits per heavy atom. The molecule has 0 aliphatic rings. The first-order valence-corrected chi connectivity index (χ1v) is 6.10. The number of ether oxygens (including phenoxy) is 1. The number of hydrogen-bond acceptors (Lipinski definition) is 4. The van der Waals surface area contributed by atoms with Gasteiger partial charge in [0, 0.05) is 5.56 Å². The van der Waals surface area contributed by atoms with Crippen LogP contribution in [0.1, 0.15) is 10.4 Å². The van der Waals surface area contributed by atoms with Crippen LogP contribution in [0.5, 0.6) is 5.88 Å². The van der Waals surface area contributed by atoms with Gasteiger partial charge < -0.3 is 4.74 Å². The number of ketones is 1. The highest BCUT2D eigenvalue weighted by molar-refractivity contribution is 7.80. The molecule has 2 rings (SSSR count). The summed E-state index contributed by atoms with van der Waals surface area (Å²) in [5, 5.41) is 0. The third-order valence-electron chi connectivity index (χ3n) is 2.37. The van der Waals surface area contributed by atoms with Gasteiger partial charge in [-0.3, -0.25) is 4.79 Å². The Labute approximate surface area is 111 Å². The number of Topliss-reactive ketones (excluding diaryl/α,β-unsaturated/α-hetero) is 1. The molecule has 0 aliphatic heterocycles. The van der Waals surface area contributed by atoms with Crippen molar-refractivity contribution in [2.75, 3.05) is 5.94 Å². The predicted molar refractivity (Wildman–Crippen MR) is 69.7 cm³/mol. The van der Waals surface area contributed by atoms with E-state index in [-0.39, 0.29) is 18.3 Å². The van der Waals surface area contributed by atoms with E-state index in [0.717, 1.165) is 0 Å². The third kappa shape index (κ3) is 3.30. The van der Waals surface area contributed by atoms with E-state index in [4.69, 9.17) is 4.74 Å². The molecule has 0 unspecified atom stereocenters. The number of carbonyl (C=O) groups is 1. The Bertz CT molecular complexity index is 532. The minimum absolute atomic E-state index is 0.0450. The van der Waals surface area contributed by atoms with Gasteiger partial charge in [0.2, 0.25) is 18.5 Å². The molecule has 0 radical (unpaired) electrons. The molecule has 0 atom stereocenters. The molecule has 0 N–H and O–H groups in total. The predicted octanol–water partition coefficient (Wildman–Crippen LogP) is 1.52. The number of thiol groups is 1. The molecule has 18 heavy (non-hydrogen) atoms. The van der Waals surface area contributed by atoms with Crippen molar-refractivity contribution in [1.29, 1.82) is 0 Å². The maximum Gasteiger partial charge on any atom is 0.280 e. The summed E-state index contributed by atoms with van der Waals surface area (Å²) in [7, 11) is 0. The molecule has 92 valence electrons. The van der Waals surface area contributed by atoms with E-state index in [2.05, 4.69) is 17.6 Å². The Hall–Kier alpha value is -1.88. The van der Waals surface area contributed by atoms with Crippen LogP contribution in [0.4, 0.5) is 0 Å². The van der Waals surface area contributed by atoms with E-state index >= 15 is 0 Å². The van der Waals surface area contributed by atoms with Gasteiger partial charge in [-0.05, 0) is 0 Å². The first-order valence-electron chi connectivity index (χ1n) is 5.46. The molecule has 0 fully saturated rings. The van der Waals surface area contributed by atoms with Crippen molar-refractivity contribution in [1.82, 2.24) is 4.98 Å². The van der Waals surface area contributed by atoms with Gasteiger partial charge in [-0.15, -0.1) is 12.6 Å². The van der Waals surface area contributed by atoms with Gasteiger partial charge in [0.25, 0.3) is 5.88 Å². The van der Waals surface area contributed by atoms with Gasteiger partial charge in [0.15, 0.2) is 6.20 Å². The third-order valence-corrected chi connectivity index (χ3v) is 2.50. The number of carbonyl (C=O) groups excluding carboxylic acids is 1. The van der Waals surface area contributed by atoms with E-state index in [1.165, 1.54) is 0 Å². The second-order valence-corrected chi connectivity index (χ2v) is 3.89. The molecule has 0 aliphatic carbocycles. The van der Waals surface area contributed by atoms with Crippen molar-refractivity contribution < 1.29 is 14.1 Å². The lowest BCUT2D eigenvalue weighted by molar-refractivity contribution is -0.684. The summed E-state index contributed by atoms with van der Waals surface area (Å²) in [5.74, 6) is 0.751. The molecular weight excluding hydrogens is 248 g/mol. The standard InChI is InChI=1S/C13H12N2O2S/c16-12(11-4-2-1-3-5-11)8-15-7-6-14-13(9-15)17-10-18/h1-7,9H,8,10H2/p+1. The molecule has 1 aromatic carbocycles. The summed E-state index contributed by atoms with van der Waals surface area (Å²) in [6.45, 7) is 0.259. The molecule has 0 saturated heterocycles. The zero-order valence-corrected chi connectivity index (χ0v) is 10.6. The largest absolute Gasteiger partial charge is 0.463 e. The first kappa shape index (κ1) is 12.6. The number of benzene rings is 1. The molecule has 0 amide bonds. The van der Waals surface area contributed by atoms with Crippen LogP contribution in [0, 0.1) is 0 Å². The molecular formula is C13H13N2O2S+. The van der Waals surface area contributed by atoms with Crippen molar-refractivity contribution in [3.8, 4) is 5.88 Å². The monoisotopic (exact) mass is 261 g/mol. The molecule has 1 heterocycles. The molecule has 2 aromatic rings. The summed E-state index contributed by atoms with van der Waals surface area (Å²) in [6, 6.07) is 9.18. The summed E-state index contributed by atoms with van der Waals surface area (Å²) < 4.78 is 6.89. The van der Waals surface area contributed by atoms with Crippen molar-refractivity contribution in [3.63, 3.8) is 0 Å². The van der Waals surface area contributed by atoms with E-state index in [1.54, 1.807) is 35.3 Å². The Morgan fingerprint density at radius 3 is 2.83 bits per heavy atom. The first-order chi connectivity index (χ1) is 8.79. The van der Waals surface area contributed by atoms with Crippen LogP contribution in [0.15, 0.2) is 48.9 Å². The minimum atomic E-state index is 0.0450. The number of hydrogen-bond donors (Lipinski definition) is 1. The van der Waals surface area contributed by atoms with Crippen LogP contribution in [0.3, 0.4) is 0 Å². The molecule has 1 aromatic heterocycles. The van der Waals surface area contributed by atoms with E-state index in [0.29, 0.717) is 11.4 Å². The SMILES string of the molecule is O=C(C[n+]1ccnc(OCS)c1)c1ccccc1. The van der Waals surface area contributed by atoms with E-state index in [9.17, 15) is 4.79 Å². The van der Waals surface area contributed by atoms with Crippen LogP contribution in [-0.2, 0) is 6.54 Å². The Balaban J connectivity index is 2.10. The zero-order valence-electron chi connectivity index (χ0n) is 9.69. The smallest absolute Gasteiger partial charge is 0.280 e. The number of nitrogens with zero attached hydrogens (tertiary/aromatic N) is 2. The van der Waals surface area contributed by atoms with E-state index in [1.807, 2.05) is 18.2 Å². The minimum Gasteiger partial charge on any atom is -0.463 e. The lowest BCUT2D eigenvalue weighted by atomic mass is 10.1. The Kier molecular flexibility index (Phi) is 4.30. The lowest BCUT2D eigenvalue weighted by Crippen LogP contribution is -2.37. The molecule has 0 bridgehead atoms. The number of rotatable bonds is 5. The molecule has 0 spiro atoms. The number of aromatic nitrogens is 2. The van der Waals surface area contributed by atoms with Gasteiger partial charge >= 0.3 is 0 Å².